The zero-order chi connectivity index (χ0) is 26.9. The summed E-state index contributed by atoms with van der Waals surface area (Å²) in [5, 5.41) is 20.9. The molecule has 1 aliphatic heterocycles. The Hall–Kier alpha value is -5.03. The average Bonchev–Trinajstić information content (AvgIpc) is 3.54. The molecule has 194 valence electrons. The topological polar surface area (TPSA) is 145 Å². The SMILES string of the molecule is O=C(O)c1ccnc(-c2cc(C(=O)O)cc(-c3cc(-c4ccc(-c5scc6c5OCCCO6)o4)ccn3)n2)c1. The number of furan rings is 1. The average molecular weight is 542 g/mol. The molecule has 0 radical (unpaired) electrons. The van der Waals surface area contributed by atoms with Crippen molar-refractivity contribution in [2.45, 2.75) is 6.42 Å². The Balaban J connectivity index is 1.37. The molecule has 0 unspecified atom stereocenters. The quantitative estimate of drug-likeness (QED) is 0.272. The van der Waals surface area contributed by atoms with Gasteiger partial charge in [-0.1, -0.05) is 0 Å². The third-order valence-corrected chi connectivity index (χ3v) is 6.94. The minimum Gasteiger partial charge on any atom is -0.489 e. The van der Waals surface area contributed by atoms with E-state index in [1.807, 2.05) is 17.5 Å². The van der Waals surface area contributed by atoms with Crippen LogP contribution in [0.4, 0.5) is 0 Å². The number of ether oxygens (including phenoxy) is 2. The van der Waals surface area contributed by atoms with Crippen molar-refractivity contribution in [1.29, 1.82) is 0 Å². The van der Waals surface area contributed by atoms with Crippen LogP contribution in [0, 0.1) is 0 Å². The number of carbonyl (C=O) groups is 2. The minimum absolute atomic E-state index is 0.0115. The van der Waals surface area contributed by atoms with Gasteiger partial charge in [0.05, 0.1) is 47.1 Å². The van der Waals surface area contributed by atoms with E-state index in [1.165, 1.54) is 41.8 Å². The monoisotopic (exact) mass is 541 g/mol. The summed E-state index contributed by atoms with van der Waals surface area (Å²) < 4.78 is 17.8. The smallest absolute Gasteiger partial charge is 0.335 e. The predicted molar refractivity (Wildman–Crippen MR) is 141 cm³/mol. The molecule has 0 amide bonds. The maximum Gasteiger partial charge on any atom is 0.335 e. The first kappa shape index (κ1) is 24.3. The van der Waals surface area contributed by atoms with Crippen LogP contribution in [0.25, 0.3) is 44.7 Å². The molecule has 6 rings (SSSR count). The molecule has 10 nitrogen and oxygen atoms in total. The van der Waals surface area contributed by atoms with E-state index in [9.17, 15) is 19.8 Å². The van der Waals surface area contributed by atoms with Crippen molar-refractivity contribution >= 4 is 23.3 Å². The molecule has 0 saturated heterocycles. The van der Waals surface area contributed by atoms with Crippen molar-refractivity contribution in [1.82, 2.24) is 15.0 Å². The van der Waals surface area contributed by atoms with Crippen LogP contribution in [0.5, 0.6) is 11.5 Å². The fourth-order valence-corrected chi connectivity index (χ4v) is 5.00. The molecule has 0 bridgehead atoms. The van der Waals surface area contributed by atoms with Crippen LogP contribution >= 0.6 is 11.3 Å². The summed E-state index contributed by atoms with van der Waals surface area (Å²) in [5.41, 5.74) is 1.82. The van der Waals surface area contributed by atoms with Crippen molar-refractivity contribution in [3.63, 3.8) is 0 Å². The summed E-state index contributed by atoms with van der Waals surface area (Å²) in [6.07, 6.45) is 3.73. The van der Waals surface area contributed by atoms with E-state index in [-0.39, 0.29) is 28.2 Å². The fraction of sp³-hybridized carbons (Fsp3) is 0.107. The molecular weight excluding hydrogens is 522 g/mol. The third-order valence-electron chi connectivity index (χ3n) is 5.98. The zero-order valence-corrected chi connectivity index (χ0v) is 21.0. The Morgan fingerprint density at radius 2 is 1.44 bits per heavy atom. The van der Waals surface area contributed by atoms with Gasteiger partial charge in [0, 0.05) is 29.8 Å². The Bertz CT molecular complexity index is 1730. The van der Waals surface area contributed by atoms with Crippen LogP contribution in [-0.4, -0.2) is 50.3 Å². The second kappa shape index (κ2) is 10.0. The van der Waals surface area contributed by atoms with Gasteiger partial charge >= 0.3 is 11.9 Å². The number of hydrogen-bond donors (Lipinski definition) is 2. The fourth-order valence-electron chi connectivity index (χ4n) is 4.11. The van der Waals surface area contributed by atoms with Crippen LogP contribution in [0.3, 0.4) is 0 Å². The molecule has 39 heavy (non-hydrogen) atoms. The molecule has 5 aromatic heterocycles. The minimum atomic E-state index is -1.16. The van der Waals surface area contributed by atoms with E-state index >= 15 is 0 Å². The highest BCUT2D eigenvalue weighted by molar-refractivity contribution is 7.14. The van der Waals surface area contributed by atoms with Gasteiger partial charge in [-0.2, -0.15) is 0 Å². The first-order valence-electron chi connectivity index (χ1n) is 11.9. The van der Waals surface area contributed by atoms with Gasteiger partial charge in [0.2, 0.25) is 0 Å². The van der Waals surface area contributed by atoms with Crippen molar-refractivity contribution in [3.8, 4) is 56.2 Å². The number of thiophene rings is 1. The Kier molecular flexibility index (Phi) is 6.25. The number of pyridine rings is 3. The van der Waals surface area contributed by atoms with Gasteiger partial charge in [0.15, 0.2) is 11.5 Å². The van der Waals surface area contributed by atoms with Crippen LogP contribution < -0.4 is 9.47 Å². The summed E-state index contributed by atoms with van der Waals surface area (Å²) in [6, 6.07) is 12.7. The molecule has 0 atom stereocenters. The highest BCUT2D eigenvalue weighted by Crippen LogP contribution is 2.46. The van der Waals surface area contributed by atoms with Gasteiger partial charge in [0.25, 0.3) is 0 Å². The highest BCUT2D eigenvalue weighted by atomic mass is 32.1. The van der Waals surface area contributed by atoms with Crippen molar-refractivity contribution in [2.24, 2.45) is 0 Å². The third kappa shape index (κ3) is 4.82. The molecule has 0 saturated carbocycles. The summed E-state index contributed by atoms with van der Waals surface area (Å²) in [6.45, 7) is 1.17. The normalized spacial score (nSPS) is 12.6. The van der Waals surface area contributed by atoms with Gasteiger partial charge in [0.1, 0.15) is 16.4 Å². The largest absolute Gasteiger partial charge is 0.489 e. The number of carboxylic acids is 2. The Labute approximate surface area is 225 Å². The predicted octanol–water partition coefficient (Wildman–Crippen LogP) is 5.75. The molecule has 0 aromatic carbocycles. The lowest BCUT2D eigenvalue weighted by molar-refractivity contribution is 0.0686. The van der Waals surface area contributed by atoms with Crippen molar-refractivity contribution in [3.05, 3.63) is 77.4 Å². The van der Waals surface area contributed by atoms with Crippen LogP contribution in [0.15, 0.2) is 70.7 Å². The first-order valence-corrected chi connectivity index (χ1v) is 12.7. The van der Waals surface area contributed by atoms with E-state index in [4.69, 9.17) is 13.9 Å². The molecule has 0 spiro atoms. The van der Waals surface area contributed by atoms with Gasteiger partial charge in [-0.05, 0) is 48.5 Å². The number of fused-ring (bicyclic) bond motifs is 1. The Morgan fingerprint density at radius 1 is 0.769 bits per heavy atom. The lowest BCUT2D eigenvalue weighted by Gasteiger charge is -2.08. The van der Waals surface area contributed by atoms with E-state index in [2.05, 4.69) is 15.0 Å². The van der Waals surface area contributed by atoms with Crippen molar-refractivity contribution in [2.75, 3.05) is 13.2 Å². The second-order valence-corrected chi connectivity index (χ2v) is 9.45. The number of nitrogens with zero attached hydrogens (tertiary/aromatic N) is 3. The maximum absolute atomic E-state index is 11.9. The lowest BCUT2D eigenvalue weighted by Crippen LogP contribution is -2.02. The lowest BCUT2D eigenvalue weighted by atomic mass is 10.1. The number of aromatic carboxylic acids is 2. The van der Waals surface area contributed by atoms with Gasteiger partial charge in [-0.25, -0.2) is 14.6 Å². The van der Waals surface area contributed by atoms with Crippen molar-refractivity contribution < 1.29 is 33.7 Å². The second-order valence-electron chi connectivity index (χ2n) is 8.57. The van der Waals surface area contributed by atoms with Crippen LogP contribution in [0.2, 0.25) is 0 Å². The Morgan fingerprint density at radius 3 is 2.21 bits per heavy atom. The number of rotatable bonds is 6. The van der Waals surface area contributed by atoms with Crippen LogP contribution in [-0.2, 0) is 0 Å². The molecule has 2 N–H and O–H groups in total. The van der Waals surface area contributed by atoms with Crippen LogP contribution in [0.1, 0.15) is 27.1 Å². The van der Waals surface area contributed by atoms with E-state index in [0.29, 0.717) is 47.5 Å². The summed E-state index contributed by atoms with van der Waals surface area (Å²) in [4.78, 5) is 37.3. The maximum atomic E-state index is 11.9. The van der Waals surface area contributed by atoms with Gasteiger partial charge in [-0.15, -0.1) is 11.3 Å². The van der Waals surface area contributed by atoms with E-state index in [1.54, 1.807) is 18.3 Å². The highest BCUT2D eigenvalue weighted by Gasteiger charge is 2.22. The number of aromatic nitrogens is 3. The van der Waals surface area contributed by atoms with Gasteiger partial charge < -0.3 is 24.1 Å². The standard InChI is InChI=1S/C28H19N3O7S/c32-27(33)16-5-7-30-19(11-16)21-13-17(28(34)35)12-20(31-21)18-10-15(4-6-29-18)22-2-3-23(38-22)26-25-24(14-39-26)36-8-1-9-37-25/h2-7,10-14H,1,8-9H2,(H,32,33)(H,34,35). The first-order chi connectivity index (χ1) is 19.0. The molecule has 1 aliphatic rings. The summed E-state index contributed by atoms with van der Waals surface area (Å²) >= 11 is 1.48. The van der Waals surface area contributed by atoms with Gasteiger partial charge in [-0.3, -0.25) is 9.97 Å². The van der Waals surface area contributed by atoms with E-state index in [0.717, 1.165) is 11.3 Å². The molecule has 11 heteroatoms. The zero-order valence-electron chi connectivity index (χ0n) is 20.2. The summed E-state index contributed by atoms with van der Waals surface area (Å²) in [7, 11) is 0. The summed E-state index contributed by atoms with van der Waals surface area (Å²) in [5.74, 6) is 0.311. The molecule has 6 heterocycles. The molecule has 0 aliphatic carbocycles. The number of hydrogen-bond acceptors (Lipinski definition) is 9. The number of carboxylic acid groups (broad SMARTS) is 2. The van der Waals surface area contributed by atoms with E-state index < -0.39 is 11.9 Å². The molecular formula is C28H19N3O7S. The molecule has 5 aromatic rings. The molecule has 0 fully saturated rings.